The maximum atomic E-state index is 10.7. The van der Waals surface area contributed by atoms with Gasteiger partial charge in [0.25, 0.3) is 0 Å². The van der Waals surface area contributed by atoms with Gasteiger partial charge in [0.2, 0.25) is 0 Å². The van der Waals surface area contributed by atoms with Gasteiger partial charge in [0.05, 0.1) is 39.6 Å². The molecule has 0 saturated carbocycles. The molecule has 0 amide bonds. The maximum absolute atomic E-state index is 10.7. The first kappa shape index (κ1) is 23.0. The van der Waals surface area contributed by atoms with Crippen molar-refractivity contribution in [2.75, 3.05) is 39.6 Å². The van der Waals surface area contributed by atoms with E-state index in [2.05, 4.69) is 0 Å². The number of aliphatic carboxylic acids is 2. The molecule has 0 aromatic heterocycles. The highest BCUT2D eigenvalue weighted by Crippen LogP contribution is 2.53. The molecule has 0 aromatic carbocycles. The van der Waals surface area contributed by atoms with Crippen LogP contribution in [0.4, 0.5) is 0 Å². The van der Waals surface area contributed by atoms with Crippen LogP contribution in [0.2, 0.25) is 0 Å². The zero-order valence-electron chi connectivity index (χ0n) is 13.5. The second-order valence-corrected chi connectivity index (χ2v) is 9.24. The quantitative estimate of drug-likeness (QED) is 0.342. The molecule has 156 valence electrons. The summed E-state index contributed by atoms with van der Waals surface area (Å²) in [7, 11) is -7.09. The van der Waals surface area contributed by atoms with E-state index in [1.807, 2.05) is 0 Å². The highest BCUT2D eigenvalue weighted by Gasteiger charge is 2.51. The van der Waals surface area contributed by atoms with Crippen molar-refractivity contribution in [3.05, 3.63) is 0 Å². The van der Waals surface area contributed by atoms with Gasteiger partial charge < -0.3 is 52.0 Å². The summed E-state index contributed by atoms with van der Waals surface area (Å²) in [5, 5.41) is 17.6. The van der Waals surface area contributed by atoms with Gasteiger partial charge in [-0.1, -0.05) is 0 Å². The van der Waals surface area contributed by atoms with Crippen LogP contribution < -0.4 is 0 Å². The van der Waals surface area contributed by atoms with E-state index < -0.39 is 47.8 Å². The topological polar surface area (TPSA) is 208 Å². The van der Waals surface area contributed by atoms with Gasteiger partial charge in [0.15, 0.2) is 0 Å². The lowest BCUT2D eigenvalue weighted by Crippen LogP contribution is -2.49. The average molecular weight is 454 g/mol. The van der Waals surface area contributed by atoms with Crippen molar-refractivity contribution >= 4 is 37.0 Å². The first-order valence-corrected chi connectivity index (χ1v) is 10.8. The van der Waals surface area contributed by atoms with Gasteiger partial charge in [-0.25, -0.2) is 4.57 Å². The predicted molar refractivity (Wildman–Crippen MR) is 84.0 cm³/mol. The molecular weight excluding hydrogens is 437 g/mol. The highest BCUT2D eigenvalue weighted by atomic mass is 31.2. The summed E-state index contributed by atoms with van der Waals surface area (Å²) in [6.45, 7) is 1.30. The Labute approximate surface area is 154 Å². The molecule has 27 heavy (non-hydrogen) atoms. The molecule has 6 aliphatic rings. The second-order valence-electron chi connectivity index (χ2n) is 5.77. The second kappa shape index (κ2) is 9.00. The van der Waals surface area contributed by atoms with E-state index >= 15 is 0 Å². The van der Waals surface area contributed by atoms with Crippen LogP contribution in [0, 0.1) is 10.8 Å². The lowest BCUT2D eigenvalue weighted by atomic mass is 9.92. The molecule has 4 bridgehead atoms. The van der Waals surface area contributed by atoms with Crippen LogP contribution in [0.3, 0.4) is 0 Å². The van der Waals surface area contributed by atoms with Gasteiger partial charge in [0, 0.05) is 0 Å². The molecule has 0 atom stereocenters. The largest absolute Gasteiger partial charge is 0.481 e. The molecule has 0 aromatic rings. The van der Waals surface area contributed by atoms with Crippen LogP contribution in [0.1, 0.15) is 0 Å². The number of carboxylic acid groups (broad SMARTS) is 2. The standard InChI is InChI=1S/2C5H7O5P.H3O4P/c2*6-4(7)5-1-8-11(9-2-5)10-3-5;1-5(2,3)4/h2*1-3H2,(H,6,7);(H3,1,2,3,4). The Morgan fingerprint density at radius 1 is 0.667 bits per heavy atom. The van der Waals surface area contributed by atoms with Crippen LogP contribution in [0.15, 0.2) is 0 Å². The lowest BCUT2D eigenvalue weighted by Gasteiger charge is -2.40. The van der Waals surface area contributed by atoms with Crippen LogP contribution in [-0.4, -0.2) is 76.5 Å². The smallest absolute Gasteiger partial charge is 0.466 e. The SMILES string of the molecule is O=C(O)C12COP(OC1)OC2.O=C(O)C12COP(OC1)OC2.O=P(O)(O)O. The monoisotopic (exact) mass is 454 g/mol. The molecule has 6 saturated heterocycles. The normalized spacial score (nSPS) is 36.7. The average Bonchev–Trinajstić information content (AvgIpc) is 2.64. The Hall–Kier alpha value is -0.330. The number of carbonyl (C=O) groups is 2. The molecule has 6 fully saturated rings. The van der Waals surface area contributed by atoms with E-state index in [0.717, 1.165) is 0 Å². The van der Waals surface area contributed by atoms with Crippen LogP contribution in [0.25, 0.3) is 0 Å². The number of rotatable bonds is 2. The van der Waals surface area contributed by atoms with Crippen molar-refractivity contribution in [2.45, 2.75) is 0 Å². The number of fused-ring (bicyclic) bond motifs is 6. The minimum atomic E-state index is -4.64. The van der Waals surface area contributed by atoms with Gasteiger partial charge >= 0.3 is 37.0 Å². The Kier molecular flexibility index (Phi) is 7.65. The number of phosphoric acid groups is 1. The van der Waals surface area contributed by atoms with Crippen LogP contribution in [-0.2, 0) is 41.3 Å². The van der Waals surface area contributed by atoms with E-state index in [9.17, 15) is 9.59 Å². The molecule has 14 nitrogen and oxygen atoms in total. The third kappa shape index (κ3) is 6.33. The number of carboxylic acids is 2. The zero-order chi connectivity index (χ0) is 20.3. The summed E-state index contributed by atoms with van der Waals surface area (Å²) in [5.41, 5.74) is -1.89. The summed E-state index contributed by atoms with van der Waals surface area (Å²) >= 11 is 0. The molecule has 0 aliphatic carbocycles. The predicted octanol–water partition coefficient (Wildman–Crippen LogP) is -0.206. The Morgan fingerprint density at radius 3 is 0.963 bits per heavy atom. The van der Waals surface area contributed by atoms with Gasteiger partial charge in [-0.15, -0.1) is 0 Å². The molecule has 6 heterocycles. The van der Waals surface area contributed by atoms with Crippen molar-refractivity contribution in [2.24, 2.45) is 10.8 Å². The summed E-state index contributed by atoms with van der Waals surface area (Å²) in [6.07, 6.45) is 0. The highest BCUT2D eigenvalue weighted by molar-refractivity contribution is 7.45. The maximum Gasteiger partial charge on any atom is 0.466 e. The van der Waals surface area contributed by atoms with Gasteiger partial charge in [-0.2, -0.15) is 0 Å². The molecule has 0 radical (unpaired) electrons. The van der Waals surface area contributed by atoms with Crippen molar-refractivity contribution in [3.63, 3.8) is 0 Å². The minimum absolute atomic E-state index is 0.216. The minimum Gasteiger partial charge on any atom is -0.481 e. The van der Waals surface area contributed by atoms with E-state index in [4.69, 9.17) is 56.6 Å². The molecule has 5 N–H and O–H groups in total. The van der Waals surface area contributed by atoms with E-state index in [0.29, 0.717) is 0 Å². The van der Waals surface area contributed by atoms with Gasteiger partial charge in [0.1, 0.15) is 10.8 Å². The van der Waals surface area contributed by atoms with Gasteiger partial charge in [-0.05, 0) is 0 Å². The fraction of sp³-hybridized carbons (Fsp3) is 0.800. The molecule has 0 unspecified atom stereocenters. The summed E-state index contributed by atoms with van der Waals surface area (Å²) < 4.78 is 38.8. The first-order valence-electron chi connectivity index (χ1n) is 7.09. The molecule has 0 spiro atoms. The van der Waals surface area contributed by atoms with Crippen LogP contribution >= 0.6 is 25.0 Å². The van der Waals surface area contributed by atoms with E-state index in [1.54, 1.807) is 0 Å². The van der Waals surface area contributed by atoms with Crippen molar-refractivity contribution in [3.8, 4) is 0 Å². The van der Waals surface area contributed by atoms with Crippen LogP contribution in [0.5, 0.6) is 0 Å². The van der Waals surface area contributed by atoms with Gasteiger partial charge in [-0.3, -0.25) is 9.59 Å². The molecule has 6 aliphatic heterocycles. The Balaban J connectivity index is 0.000000157. The van der Waals surface area contributed by atoms with E-state index in [1.165, 1.54) is 0 Å². The third-order valence-electron chi connectivity index (χ3n) is 3.58. The molecular formula is C10H17O14P3. The first-order chi connectivity index (χ1) is 12.5. The zero-order valence-corrected chi connectivity index (χ0v) is 16.2. The Bertz CT molecular complexity index is 512. The molecule has 6 rings (SSSR count). The van der Waals surface area contributed by atoms with E-state index in [-0.39, 0.29) is 39.6 Å². The fourth-order valence-corrected chi connectivity index (χ4v) is 4.46. The van der Waals surface area contributed by atoms with Crippen molar-refractivity contribution in [1.29, 1.82) is 0 Å². The third-order valence-corrected chi connectivity index (χ3v) is 5.62. The fourth-order valence-electron chi connectivity index (χ4n) is 1.90. The summed E-state index contributed by atoms with van der Waals surface area (Å²) in [6, 6.07) is 0. The lowest BCUT2D eigenvalue weighted by molar-refractivity contribution is -0.167. The number of hydrogen-bond acceptors (Lipinski definition) is 9. The molecule has 17 heteroatoms. The Morgan fingerprint density at radius 2 is 0.852 bits per heavy atom. The number of hydrogen-bond donors (Lipinski definition) is 5. The summed E-state index contributed by atoms with van der Waals surface area (Å²) in [5.74, 6) is -1.82. The van der Waals surface area contributed by atoms with Crippen molar-refractivity contribution in [1.82, 2.24) is 0 Å². The van der Waals surface area contributed by atoms with Crippen molar-refractivity contribution < 1.29 is 66.2 Å². The summed E-state index contributed by atoms with van der Waals surface area (Å²) in [4.78, 5) is 43.0.